The van der Waals surface area contributed by atoms with E-state index < -0.39 is 11.2 Å². The highest BCUT2D eigenvalue weighted by Crippen LogP contribution is 2.17. The number of hydrazone groups is 1. The van der Waals surface area contributed by atoms with Gasteiger partial charge in [0.2, 0.25) is 5.95 Å². The maximum atomic E-state index is 12.4. The molecule has 0 radical (unpaired) electrons. The van der Waals surface area contributed by atoms with E-state index in [1.54, 1.807) is 17.8 Å². The third-order valence-corrected chi connectivity index (χ3v) is 4.71. The second-order valence-electron chi connectivity index (χ2n) is 6.68. The van der Waals surface area contributed by atoms with Crippen molar-refractivity contribution >= 4 is 39.3 Å². The molecule has 2 heterocycles. The molecule has 0 fully saturated rings. The summed E-state index contributed by atoms with van der Waals surface area (Å²) in [6.07, 6.45) is 2.53. The smallest absolute Gasteiger partial charge is 0.303 e. The van der Waals surface area contributed by atoms with Gasteiger partial charge in [-0.3, -0.25) is 14.3 Å². The van der Waals surface area contributed by atoms with Crippen LogP contribution in [0.25, 0.3) is 11.2 Å². The molecule has 8 nitrogen and oxygen atoms in total. The highest BCUT2D eigenvalue weighted by Gasteiger charge is 2.17. The number of nitrogens with zero attached hydrogens (tertiary/aromatic N) is 4. The van der Waals surface area contributed by atoms with E-state index in [1.165, 1.54) is 4.57 Å². The van der Waals surface area contributed by atoms with Gasteiger partial charge in [-0.15, -0.1) is 0 Å². The van der Waals surface area contributed by atoms with Crippen molar-refractivity contribution < 1.29 is 0 Å². The van der Waals surface area contributed by atoms with Gasteiger partial charge in [0, 0.05) is 18.1 Å². The van der Waals surface area contributed by atoms with Gasteiger partial charge < -0.3 is 4.57 Å². The van der Waals surface area contributed by atoms with E-state index >= 15 is 0 Å². The van der Waals surface area contributed by atoms with Crippen LogP contribution in [0.15, 0.2) is 43.4 Å². The summed E-state index contributed by atoms with van der Waals surface area (Å²) < 4.78 is 4.09. The SMILES string of the molecule is CC(C)CCn1c(NN=Cc2ccc(Br)cc2)nc2c1c(=O)[nH]c(=O)n2C. The van der Waals surface area contributed by atoms with E-state index in [1.807, 2.05) is 24.3 Å². The number of H-pyrrole nitrogens is 1. The summed E-state index contributed by atoms with van der Waals surface area (Å²) in [5.74, 6) is 0.874. The number of halogens is 1. The minimum Gasteiger partial charge on any atom is -0.303 e. The lowest BCUT2D eigenvalue weighted by Crippen LogP contribution is -2.29. The lowest BCUT2D eigenvalue weighted by Gasteiger charge is -2.09. The number of nitrogens with one attached hydrogen (secondary N) is 2. The van der Waals surface area contributed by atoms with E-state index in [4.69, 9.17) is 0 Å². The van der Waals surface area contributed by atoms with E-state index in [-0.39, 0.29) is 0 Å². The number of aromatic amines is 1. The molecule has 3 aromatic rings. The molecule has 0 spiro atoms. The predicted octanol–water partition coefficient (Wildman–Crippen LogP) is 2.68. The van der Waals surface area contributed by atoms with Crippen LogP contribution in [0, 0.1) is 5.92 Å². The van der Waals surface area contributed by atoms with E-state index in [9.17, 15) is 9.59 Å². The van der Waals surface area contributed by atoms with Crippen LogP contribution in [0.1, 0.15) is 25.8 Å². The largest absolute Gasteiger partial charge is 0.329 e. The molecule has 0 aliphatic carbocycles. The number of rotatable bonds is 6. The average Bonchev–Trinajstić information content (AvgIpc) is 2.99. The molecule has 0 aliphatic heterocycles. The van der Waals surface area contributed by atoms with Crippen molar-refractivity contribution in [3.63, 3.8) is 0 Å². The first kappa shape index (κ1) is 19.1. The molecule has 0 unspecified atom stereocenters. The van der Waals surface area contributed by atoms with Crippen LogP contribution in [0.2, 0.25) is 0 Å². The fourth-order valence-electron chi connectivity index (χ4n) is 2.64. The molecule has 0 atom stereocenters. The van der Waals surface area contributed by atoms with Crippen LogP contribution < -0.4 is 16.7 Å². The molecular weight excluding hydrogens is 412 g/mol. The first-order valence-electron chi connectivity index (χ1n) is 8.61. The van der Waals surface area contributed by atoms with Crippen molar-refractivity contribution in [1.29, 1.82) is 0 Å². The molecule has 3 rings (SSSR count). The Hall–Kier alpha value is -2.68. The van der Waals surface area contributed by atoms with Crippen molar-refractivity contribution in [2.24, 2.45) is 18.1 Å². The number of aromatic nitrogens is 4. The summed E-state index contributed by atoms with van der Waals surface area (Å²) in [6, 6.07) is 7.69. The Morgan fingerprint density at radius 2 is 2.00 bits per heavy atom. The standard InChI is InChI=1S/C18H21BrN6O2/c1-11(2)8-9-25-14-15(24(3)18(27)22-16(14)26)21-17(25)23-20-10-12-4-6-13(19)7-5-12/h4-7,10-11H,8-9H2,1-3H3,(H,21,23)(H,22,26,27). The number of imidazole rings is 1. The molecule has 0 aliphatic rings. The molecule has 0 bridgehead atoms. The van der Waals surface area contributed by atoms with Crippen LogP contribution in [0.5, 0.6) is 0 Å². The van der Waals surface area contributed by atoms with Crippen molar-refractivity contribution in [2.75, 3.05) is 5.43 Å². The zero-order valence-corrected chi connectivity index (χ0v) is 16.9. The van der Waals surface area contributed by atoms with Crippen molar-refractivity contribution in [3.05, 3.63) is 55.1 Å². The van der Waals surface area contributed by atoms with Crippen LogP contribution in [0.3, 0.4) is 0 Å². The number of benzene rings is 1. The van der Waals surface area contributed by atoms with E-state index in [0.29, 0.717) is 29.6 Å². The maximum Gasteiger partial charge on any atom is 0.329 e. The Kier molecular flexibility index (Phi) is 5.59. The quantitative estimate of drug-likeness (QED) is 0.462. The van der Waals surface area contributed by atoms with Gasteiger partial charge in [-0.25, -0.2) is 10.2 Å². The molecule has 142 valence electrons. The van der Waals surface area contributed by atoms with Crippen LogP contribution in [0.4, 0.5) is 5.95 Å². The third-order valence-electron chi connectivity index (χ3n) is 4.19. The van der Waals surface area contributed by atoms with Crippen LogP contribution >= 0.6 is 15.9 Å². The fourth-order valence-corrected chi connectivity index (χ4v) is 2.90. The molecule has 9 heteroatoms. The maximum absolute atomic E-state index is 12.4. The monoisotopic (exact) mass is 432 g/mol. The van der Waals surface area contributed by atoms with E-state index in [2.05, 4.69) is 50.3 Å². The number of hydrogen-bond acceptors (Lipinski definition) is 5. The second-order valence-corrected chi connectivity index (χ2v) is 7.60. The Bertz CT molecular complexity index is 1090. The molecular formula is C18H21BrN6O2. The van der Waals surface area contributed by atoms with Gasteiger partial charge in [0.1, 0.15) is 0 Å². The summed E-state index contributed by atoms with van der Waals surface area (Å²) >= 11 is 3.39. The van der Waals surface area contributed by atoms with Crippen molar-refractivity contribution in [3.8, 4) is 0 Å². The molecule has 2 N–H and O–H groups in total. The predicted molar refractivity (Wildman–Crippen MR) is 110 cm³/mol. The van der Waals surface area contributed by atoms with Gasteiger partial charge in [0.15, 0.2) is 11.2 Å². The first-order valence-corrected chi connectivity index (χ1v) is 9.40. The second kappa shape index (κ2) is 7.91. The number of fused-ring (bicyclic) bond motifs is 1. The molecule has 1 aromatic carbocycles. The van der Waals surface area contributed by atoms with Gasteiger partial charge in [-0.2, -0.15) is 10.1 Å². The zero-order chi connectivity index (χ0) is 19.6. The van der Waals surface area contributed by atoms with Crippen molar-refractivity contribution in [2.45, 2.75) is 26.8 Å². The summed E-state index contributed by atoms with van der Waals surface area (Å²) in [6.45, 7) is 4.81. The van der Waals surface area contributed by atoms with Crippen molar-refractivity contribution in [1.82, 2.24) is 19.1 Å². The average molecular weight is 433 g/mol. The van der Waals surface area contributed by atoms with Gasteiger partial charge in [-0.05, 0) is 30.0 Å². The lowest BCUT2D eigenvalue weighted by atomic mass is 10.1. The normalized spacial score (nSPS) is 11.7. The third kappa shape index (κ3) is 4.19. The Balaban J connectivity index is 2.00. The lowest BCUT2D eigenvalue weighted by molar-refractivity contribution is 0.524. The van der Waals surface area contributed by atoms with Gasteiger partial charge >= 0.3 is 5.69 Å². The van der Waals surface area contributed by atoms with E-state index in [0.717, 1.165) is 16.5 Å². The molecule has 0 saturated carbocycles. The molecule has 0 saturated heterocycles. The zero-order valence-electron chi connectivity index (χ0n) is 15.4. The Morgan fingerprint density at radius 3 is 2.67 bits per heavy atom. The number of aryl methyl sites for hydroxylation is 2. The number of anilines is 1. The minimum atomic E-state index is -0.495. The molecule has 0 amide bonds. The highest BCUT2D eigenvalue weighted by molar-refractivity contribution is 9.10. The fraction of sp³-hybridized carbons (Fsp3) is 0.333. The highest BCUT2D eigenvalue weighted by atomic mass is 79.9. The molecule has 27 heavy (non-hydrogen) atoms. The first-order chi connectivity index (χ1) is 12.9. The molecule has 2 aromatic heterocycles. The van der Waals surface area contributed by atoms with Gasteiger partial charge in [-0.1, -0.05) is 41.9 Å². The summed E-state index contributed by atoms with van der Waals surface area (Å²) in [4.78, 5) is 31.0. The summed E-state index contributed by atoms with van der Waals surface area (Å²) in [5, 5.41) is 4.23. The Labute approximate surface area is 164 Å². The topological polar surface area (TPSA) is 97.1 Å². The van der Waals surface area contributed by atoms with Gasteiger partial charge in [0.05, 0.1) is 6.21 Å². The minimum absolute atomic E-state index is 0.328. The number of hydrogen-bond donors (Lipinski definition) is 2. The summed E-state index contributed by atoms with van der Waals surface area (Å²) in [7, 11) is 1.58. The van der Waals surface area contributed by atoms with Gasteiger partial charge in [0.25, 0.3) is 5.56 Å². The Morgan fingerprint density at radius 1 is 1.30 bits per heavy atom. The summed E-state index contributed by atoms with van der Waals surface area (Å²) in [5.41, 5.74) is 3.57. The van der Waals surface area contributed by atoms with Crippen LogP contribution in [-0.4, -0.2) is 25.3 Å². The van der Waals surface area contributed by atoms with Crippen LogP contribution in [-0.2, 0) is 13.6 Å².